The molecule has 0 bridgehead atoms. The lowest BCUT2D eigenvalue weighted by Crippen LogP contribution is -2.35. The number of carbonyl (C=O) groups excluding carboxylic acids is 3. The molecule has 34 heavy (non-hydrogen) atoms. The lowest BCUT2D eigenvalue weighted by molar-refractivity contribution is -0.147. The Hall–Kier alpha value is -2.15. The molecule has 2 aliphatic rings. The quantitative estimate of drug-likeness (QED) is 0.188. The number of rotatable bonds is 11. The van der Waals surface area contributed by atoms with Crippen LogP contribution in [0, 0.1) is 17.8 Å². The molecule has 1 saturated carbocycles. The predicted molar refractivity (Wildman–Crippen MR) is 140 cm³/mol. The zero-order chi connectivity index (χ0) is 25.0. The van der Waals surface area contributed by atoms with Gasteiger partial charge in [0.1, 0.15) is 5.78 Å². The summed E-state index contributed by atoms with van der Waals surface area (Å²) in [4.78, 5) is 34.5. The van der Waals surface area contributed by atoms with E-state index in [-0.39, 0.29) is 42.9 Å². The summed E-state index contributed by atoms with van der Waals surface area (Å²) in [5, 5.41) is 0. The number of hydrogen-bond donors (Lipinski definition) is 0. The predicted octanol–water partition coefficient (Wildman–Crippen LogP) is 6.39. The highest BCUT2D eigenvalue weighted by molar-refractivity contribution is 6.73. The number of carbonyl (C=O) groups is 3. The highest BCUT2D eigenvalue weighted by Gasteiger charge is 2.39. The van der Waals surface area contributed by atoms with Crippen molar-refractivity contribution in [3.05, 3.63) is 36.6 Å². The van der Waals surface area contributed by atoms with Crippen molar-refractivity contribution in [2.75, 3.05) is 14.2 Å². The fraction of sp³-hybridized carbons (Fsp3) is 0.667. The molecule has 0 N–H and O–H groups in total. The van der Waals surface area contributed by atoms with Crippen LogP contribution in [0.2, 0.25) is 18.1 Å². The Labute approximate surface area is 207 Å². The zero-order valence-electron chi connectivity index (χ0n) is 21.1. The summed E-state index contributed by atoms with van der Waals surface area (Å²) < 4.78 is 16.0. The van der Waals surface area contributed by atoms with Gasteiger partial charge in [-0.25, -0.2) is 0 Å². The smallest absolute Gasteiger partial charge is 0.312 e. The van der Waals surface area contributed by atoms with E-state index in [4.69, 9.17) is 9.16 Å². The van der Waals surface area contributed by atoms with E-state index in [1.165, 1.54) is 14.2 Å². The van der Waals surface area contributed by atoms with E-state index in [9.17, 15) is 14.4 Å². The first-order valence-corrected chi connectivity index (χ1v) is 14.6. The minimum Gasteiger partial charge on any atom is -0.547 e. The lowest BCUT2D eigenvalue weighted by atomic mass is 9.92. The molecule has 194 valence electrons. The second-order valence-corrected chi connectivity index (χ2v) is 13.4. The van der Waals surface area contributed by atoms with Crippen molar-refractivity contribution in [2.24, 2.45) is 17.8 Å². The largest absolute Gasteiger partial charge is 0.547 e. The maximum atomic E-state index is 11.9. The molecule has 0 aromatic heterocycles. The van der Waals surface area contributed by atoms with Crippen molar-refractivity contribution >= 4 is 26.0 Å². The van der Waals surface area contributed by atoms with E-state index in [1.54, 1.807) is 6.08 Å². The third-order valence-electron chi connectivity index (χ3n) is 7.09. The molecule has 6 nitrogen and oxygen atoms in total. The van der Waals surface area contributed by atoms with E-state index < -0.39 is 8.32 Å². The number of ketones is 1. The molecule has 0 aromatic rings. The van der Waals surface area contributed by atoms with Gasteiger partial charge in [0.05, 0.1) is 31.8 Å². The third kappa shape index (κ3) is 7.96. The molecule has 1 fully saturated rings. The second kappa shape index (κ2) is 15.7. The minimum absolute atomic E-state index is 0. The van der Waals surface area contributed by atoms with Crippen LogP contribution in [0.4, 0.5) is 0 Å². The number of Topliss-reactive ketones (excluding diaryl/α,β-unsaturated/α-hetero) is 1. The SMILES string of the molecule is C.C=CCC1=C(O[Si](CC)(CC)CC)CC[C@@H]1C(=O)OC.C=CCC1C(=O)CC[C@@H]1C(=O)OC. The maximum Gasteiger partial charge on any atom is 0.312 e. The van der Waals surface area contributed by atoms with Gasteiger partial charge in [-0.05, 0) is 49.4 Å². The van der Waals surface area contributed by atoms with Crippen LogP contribution in [0.5, 0.6) is 0 Å². The van der Waals surface area contributed by atoms with Crippen LogP contribution in [0.25, 0.3) is 0 Å². The summed E-state index contributed by atoms with van der Waals surface area (Å²) in [6.45, 7) is 14.0. The Morgan fingerprint density at radius 3 is 2.03 bits per heavy atom. The van der Waals surface area contributed by atoms with Crippen molar-refractivity contribution in [1.29, 1.82) is 0 Å². The molecule has 0 saturated heterocycles. The molecule has 0 heterocycles. The average Bonchev–Trinajstić information content (AvgIpc) is 3.40. The first-order valence-electron chi connectivity index (χ1n) is 12.1. The average molecular weight is 495 g/mol. The number of ether oxygens (including phenoxy) is 2. The molecule has 0 aromatic carbocycles. The molecule has 0 amide bonds. The van der Waals surface area contributed by atoms with E-state index in [2.05, 4.69) is 38.7 Å². The van der Waals surface area contributed by atoms with Crippen LogP contribution in [0.3, 0.4) is 0 Å². The Balaban J connectivity index is 0.000000676. The van der Waals surface area contributed by atoms with Gasteiger partial charge in [-0.1, -0.05) is 40.3 Å². The Morgan fingerprint density at radius 1 is 0.971 bits per heavy atom. The van der Waals surface area contributed by atoms with Gasteiger partial charge in [-0.15, -0.1) is 13.2 Å². The van der Waals surface area contributed by atoms with Crippen molar-refractivity contribution in [3.63, 3.8) is 0 Å². The van der Waals surface area contributed by atoms with Crippen LogP contribution in [-0.4, -0.2) is 40.3 Å². The Kier molecular flexibility index (Phi) is 14.7. The van der Waals surface area contributed by atoms with Crippen LogP contribution in [0.15, 0.2) is 36.6 Å². The molecule has 1 unspecified atom stereocenters. The maximum absolute atomic E-state index is 11.9. The molecule has 3 atom stereocenters. The monoisotopic (exact) mass is 494 g/mol. The third-order valence-corrected chi connectivity index (χ3v) is 11.6. The molecule has 0 spiro atoms. The number of allylic oxidation sites excluding steroid dienone is 3. The van der Waals surface area contributed by atoms with E-state index >= 15 is 0 Å². The van der Waals surface area contributed by atoms with E-state index in [1.807, 2.05) is 6.08 Å². The fourth-order valence-electron chi connectivity index (χ4n) is 4.78. The number of methoxy groups -OCH3 is 2. The van der Waals surface area contributed by atoms with Gasteiger partial charge in [0.2, 0.25) is 8.32 Å². The van der Waals surface area contributed by atoms with Crippen molar-refractivity contribution in [2.45, 2.75) is 84.9 Å². The van der Waals surface area contributed by atoms with Crippen LogP contribution < -0.4 is 0 Å². The van der Waals surface area contributed by atoms with Gasteiger partial charge in [0.15, 0.2) is 0 Å². The topological polar surface area (TPSA) is 78.9 Å². The summed E-state index contributed by atoms with van der Waals surface area (Å²) in [7, 11) is 1.14. The molecule has 0 aliphatic heterocycles. The summed E-state index contributed by atoms with van der Waals surface area (Å²) in [6.07, 6.45) is 7.64. The summed E-state index contributed by atoms with van der Waals surface area (Å²) in [6, 6.07) is 3.36. The highest BCUT2D eigenvalue weighted by Crippen LogP contribution is 2.39. The molecule has 2 rings (SSSR count). The molecule has 2 aliphatic carbocycles. The number of hydrogen-bond acceptors (Lipinski definition) is 6. The molecule has 0 radical (unpaired) electrons. The van der Waals surface area contributed by atoms with Crippen LogP contribution >= 0.6 is 0 Å². The van der Waals surface area contributed by atoms with Gasteiger partial charge >= 0.3 is 11.9 Å². The molecular formula is C27H46O6Si. The van der Waals surface area contributed by atoms with Gasteiger partial charge < -0.3 is 13.9 Å². The van der Waals surface area contributed by atoms with Gasteiger partial charge in [0, 0.05) is 18.8 Å². The molecule has 7 heteroatoms. The Bertz CT molecular complexity index is 729. The second-order valence-electron chi connectivity index (χ2n) is 8.67. The fourth-order valence-corrected chi connectivity index (χ4v) is 7.47. The van der Waals surface area contributed by atoms with Crippen molar-refractivity contribution < 1.29 is 28.3 Å². The van der Waals surface area contributed by atoms with Gasteiger partial charge in [-0.3, -0.25) is 14.4 Å². The van der Waals surface area contributed by atoms with E-state index in [0.29, 0.717) is 19.3 Å². The van der Waals surface area contributed by atoms with Crippen molar-refractivity contribution in [3.8, 4) is 0 Å². The standard InChI is InChI=1S/C16H28O3Si.C10H14O3.CH4/c1-6-10-13-14(16(17)18-5)11-12-15(13)19-20(7-2,8-3)9-4;1-3-4-7-8(10(12)13-2)5-6-9(7)11;/h6,14H,1,7-12H2,2-5H3;3,7-8H,1,4-6H2,2H3;1H4/t14-;7?,8-;/m00./s1. The first kappa shape index (κ1) is 31.8. The van der Waals surface area contributed by atoms with E-state index in [0.717, 1.165) is 48.7 Å². The Morgan fingerprint density at radius 2 is 1.56 bits per heavy atom. The normalized spacial score (nSPS) is 21.7. The lowest BCUT2D eigenvalue weighted by Gasteiger charge is -2.30. The van der Waals surface area contributed by atoms with Crippen LogP contribution in [0.1, 0.15) is 66.7 Å². The number of esters is 2. The zero-order valence-corrected chi connectivity index (χ0v) is 22.1. The summed E-state index contributed by atoms with van der Waals surface area (Å²) in [5.41, 5.74) is 1.10. The summed E-state index contributed by atoms with van der Waals surface area (Å²) >= 11 is 0. The molecular weight excluding hydrogens is 448 g/mol. The van der Waals surface area contributed by atoms with Gasteiger partial charge in [0.25, 0.3) is 0 Å². The van der Waals surface area contributed by atoms with Crippen LogP contribution in [-0.2, 0) is 28.3 Å². The highest BCUT2D eigenvalue weighted by atomic mass is 28.4. The first-order chi connectivity index (χ1) is 15.8. The van der Waals surface area contributed by atoms with Gasteiger partial charge in [-0.2, -0.15) is 0 Å². The summed E-state index contributed by atoms with van der Waals surface area (Å²) in [5.74, 6) is 0.244. The minimum atomic E-state index is -1.67. The van der Waals surface area contributed by atoms with Crippen molar-refractivity contribution in [1.82, 2.24) is 0 Å².